The van der Waals surface area contributed by atoms with E-state index in [4.69, 9.17) is 5.11 Å². The molecule has 1 saturated carbocycles. The maximum atomic E-state index is 12.8. The van der Waals surface area contributed by atoms with E-state index in [9.17, 15) is 18.0 Å². The lowest BCUT2D eigenvalue weighted by Crippen LogP contribution is -2.18. The molecule has 5 nitrogen and oxygen atoms in total. The first-order valence-corrected chi connectivity index (χ1v) is 11.7. The van der Waals surface area contributed by atoms with Gasteiger partial charge in [-0.1, -0.05) is 55.3 Å². The minimum atomic E-state index is -4.34. The van der Waals surface area contributed by atoms with Crippen molar-refractivity contribution in [3.63, 3.8) is 0 Å². The number of aromatic nitrogens is 1. The SMILES string of the molecule is O=C(O)CCNCc1ccc(NC(CC2CC2)c2ccc(-c3ccc(C(F)(F)F)cc3)cc2)nc1. The average molecular weight is 484 g/mol. The van der Waals surface area contributed by atoms with E-state index in [0.29, 0.717) is 19.0 Å². The van der Waals surface area contributed by atoms with Crippen LogP contribution in [0.1, 0.15) is 48.4 Å². The Labute approximate surface area is 202 Å². The third-order valence-corrected chi connectivity index (χ3v) is 6.12. The van der Waals surface area contributed by atoms with E-state index >= 15 is 0 Å². The highest BCUT2D eigenvalue weighted by atomic mass is 19.4. The van der Waals surface area contributed by atoms with Crippen LogP contribution in [0.15, 0.2) is 66.9 Å². The minimum Gasteiger partial charge on any atom is -0.481 e. The predicted molar refractivity (Wildman–Crippen MR) is 129 cm³/mol. The maximum absolute atomic E-state index is 12.8. The molecule has 8 heteroatoms. The zero-order valence-corrected chi connectivity index (χ0v) is 19.2. The number of rotatable bonds is 11. The Hall–Kier alpha value is -3.39. The average Bonchev–Trinajstić information content (AvgIpc) is 3.66. The van der Waals surface area contributed by atoms with Crippen molar-refractivity contribution in [2.24, 2.45) is 5.92 Å². The van der Waals surface area contributed by atoms with E-state index in [2.05, 4.69) is 15.6 Å². The molecule has 184 valence electrons. The van der Waals surface area contributed by atoms with Crippen LogP contribution in [0.3, 0.4) is 0 Å². The van der Waals surface area contributed by atoms with Crippen molar-refractivity contribution in [3.8, 4) is 11.1 Å². The lowest BCUT2D eigenvalue weighted by molar-refractivity contribution is -0.138. The molecule has 4 rings (SSSR count). The number of halogens is 3. The smallest absolute Gasteiger partial charge is 0.416 e. The number of hydrogen-bond donors (Lipinski definition) is 3. The second-order valence-corrected chi connectivity index (χ2v) is 8.95. The Morgan fingerprint density at radius 3 is 2.20 bits per heavy atom. The molecule has 0 aliphatic heterocycles. The fourth-order valence-corrected chi connectivity index (χ4v) is 3.95. The Bertz CT molecular complexity index is 1110. The summed E-state index contributed by atoms with van der Waals surface area (Å²) in [6, 6.07) is 17.1. The van der Waals surface area contributed by atoms with Gasteiger partial charge >= 0.3 is 12.1 Å². The number of aliphatic carboxylic acids is 1. The molecular formula is C27H28F3N3O2. The van der Waals surface area contributed by atoms with Gasteiger partial charge in [-0.25, -0.2) is 4.98 Å². The highest BCUT2D eigenvalue weighted by molar-refractivity contribution is 5.67. The molecule has 1 atom stereocenters. The van der Waals surface area contributed by atoms with E-state index in [1.807, 2.05) is 36.4 Å². The standard InChI is InChI=1S/C27H28F3N3O2/c28-27(29,30)23-10-8-21(9-11-23)20-4-6-22(7-5-20)24(15-18-1-2-18)33-25-12-3-19(17-32-25)16-31-14-13-26(34)35/h3-12,17-18,24,31H,1-2,13-16H2,(H,32,33)(H,34,35). The molecule has 0 radical (unpaired) electrons. The van der Waals surface area contributed by atoms with E-state index in [1.165, 1.54) is 25.0 Å². The molecule has 0 amide bonds. The molecule has 2 aromatic carbocycles. The second-order valence-electron chi connectivity index (χ2n) is 8.95. The van der Waals surface area contributed by atoms with Crippen molar-refractivity contribution in [1.29, 1.82) is 0 Å². The molecule has 35 heavy (non-hydrogen) atoms. The number of hydrogen-bond acceptors (Lipinski definition) is 4. The molecule has 1 fully saturated rings. The first-order chi connectivity index (χ1) is 16.8. The van der Waals surface area contributed by atoms with Gasteiger partial charge in [-0.3, -0.25) is 4.79 Å². The molecule has 3 N–H and O–H groups in total. The normalized spacial score (nSPS) is 14.5. The number of carboxylic acid groups (broad SMARTS) is 1. The van der Waals surface area contributed by atoms with Gasteiger partial charge in [0.1, 0.15) is 5.82 Å². The van der Waals surface area contributed by atoms with Crippen molar-refractivity contribution >= 4 is 11.8 Å². The van der Waals surface area contributed by atoms with E-state index < -0.39 is 17.7 Å². The van der Waals surface area contributed by atoms with Gasteiger partial charge in [-0.15, -0.1) is 0 Å². The molecule has 1 aliphatic carbocycles. The molecule has 1 unspecified atom stereocenters. The first-order valence-electron chi connectivity index (χ1n) is 11.7. The second kappa shape index (κ2) is 10.9. The van der Waals surface area contributed by atoms with E-state index in [-0.39, 0.29) is 12.5 Å². The summed E-state index contributed by atoms with van der Waals surface area (Å²) in [5.74, 6) is 0.612. The van der Waals surface area contributed by atoms with Crippen LogP contribution < -0.4 is 10.6 Å². The summed E-state index contributed by atoms with van der Waals surface area (Å²) in [7, 11) is 0. The summed E-state index contributed by atoms with van der Waals surface area (Å²) in [5.41, 5.74) is 3.03. The van der Waals surface area contributed by atoms with Gasteiger partial charge in [0.05, 0.1) is 18.0 Å². The van der Waals surface area contributed by atoms with Gasteiger partial charge in [0.25, 0.3) is 0 Å². The predicted octanol–water partition coefficient (Wildman–Crippen LogP) is 6.29. The highest BCUT2D eigenvalue weighted by Crippen LogP contribution is 2.39. The van der Waals surface area contributed by atoms with Crippen LogP contribution >= 0.6 is 0 Å². The first kappa shape index (κ1) is 24.7. The van der Waals surface area contributed by atoms with Gasteiger partial charge < -0.3 is 15.7 Å². The summed E-state index contributed by atoms with van der Waals surface area (Å²) in [5, 5.41) is 15.3. The van der Waals surface area contributed by atoms with E-state index in [0.717, 1.165) is 46.6 Å². The zero-order valence-electron chi connectivity index (χ0n) is 19.2. The molecule has 1 heterocycles. The number of nitrogens with one attached hydrogen (secondary N) is 2. The summed E-state index contributed by atoms with van der Waals surface area (Å²) in [6.07, 6.45) is 0.935. The number of pyridine rings is 1. The summed E-state index contributed by atoms with van der Waals surface area (Å²) < 4.78 is 38.5. The van der Waals surface area contributed by atoms with Crippen LogP contribution in [0.4, 0.5) is 19.0 Å². The monoisotopic (exact) mass is 483 g/mol. The number of benzene rings is 2. The molecular weight excluding hydrogens is 455 g/mol. The molecule has 0 saturated heterocycles. The quantitative estimate of drug-likeness (QED) is 0.280. The van der Waals surface area contributed by atoms with Gasteiger partial charge in [0.2, 0.25) is 0 Å². The van der Waals surface area contributed by atoms with Gasteiger partial charge in [-0.05, 0) is 52.8 Å². The third kappa shape index (κ3) is 7.29. The largest absolute Gasteiger partial charge is 0.481 e. The fourth-order valence-electron chi connectivity index (χ4n) is 3.95. The van der Waals surface area contributed by atoms with Crippen LogP contribution in [0, 0.1) is 5.92 Å². The van der Waals surface area contributed by atoms with Crippen molar-refractivity contribution < 1.29 is 23.1 Å². The van der Waals surface area contributed by atoms with Crippen LogP contribution in [-0.2, 0) is 17.5 Å². The van der Waals surface area contributed by atoms with Crippen molar-refractivity contribution in [2.45, 2.75) is 44.4 Å². The Balaban J connectivity index is 1.41. The summed E-state index contributed by atoms with van der Waals surface area (Å²) in [4.78, 5) is 15.1. The van der Waals surface area contributed by atoms with Gasteiger partial charge in [-0.2, -0.15) is 13.2 Å². The molecule has 3 aromatic rings. The summed E-state index contributed by atoms with van der Waals surface area (Å²) in [6.45, 7) is 0.957. The fraction of sp³-hybridized carbons (Fsp3) is 0.333. The third-order valence-electron chi connectivity index (χ3n) is 6.12. The lowest BCUT2D eigenvalue weighted by Gasteiger charge is -2.20. The molecule has 1 aromatic heterocycles. The van der Waals surface area contributed by atoms with Crippen LogP contribution in [0.5, 0.6) is 0 Å². The van der Waals surface area contributed by atoms with Crippen LogP contribution in [0.25, 0.3) is 11.1 Å². The number of carboxylic acids is 1. The number of carbonyl (C=O) groups is 1. The zero-order chi connectivity index (χ0) is 24.8. The van der Waals surface area contributed by atoms with Crippen LogP contribution in [0.2, 0.25) is 0 Å². The minimum absolute atomic E-state index is 0.0770. The van der Waals surface area contributed by atoms with Gasteiger partial charge in [0.15, 0.2) is 0 Å². The maximum Gasteiger partial charge on any atom is 0.416 e. The van der Waals surface area contributed by atoms with Gasteiger partial charge in [0, 0.05) is 19.3 Å². The van der Waals surface area contributed by atoms with Crippen molar-refractivity contribution in [3.05, 3.63) is 83.6 Å². The topological polar surface area (TPSA) is 74.2 Å². The van der Waals surface area contributed by atoms with Crippen molar-refractivity contribution in [2.75, 3.05) is 11.9 Å². The number of nitrogens with zero attached hydrogens (tertiary/aromatic N) is 1. The molecule has 0 bridgehead atoms. The Morgan fingerprint density at radius 2 is 1.66 bits per heavy atom. The van der Waals surface area contributed by atoms with Crippen molar-refractivity contribution in [1.82, 2.24) is 10.3 Å². The van der Waals surface area contributed by atoms with E-state index in [1.54, 1.807) is 6.20 Å². The Morgan fingerprint density at radius 1 is 1.00 bits per heavy atom. The summed E-state index contributed by atoms with van der Waals surface area (Å²) >= 11 is 0. The molecule has 1 aliphatic rings. The lowest BCUT2D eigenvalue weighted by atomic mass is 9.97. The highest BCUT2D eigenvalue weighted by Gasteiger charge is 2.30. The Kier molecular flexibility index (Phi) is 7.70. The number of alkyl halides is 3. The molecule has 0 spiro atoms. The number of anilines is 1. The van der Waals surface area contributed by atoms with Crippen LogP contribution in [-0.4, -0.2) is 22.6 Å².